The maximum atomic E-state index is 13.1. The number of pyridine rings is 1. The molecule has 0 bridgehead atoms. The van der Waals surface area contributed by atoms with Crippen LogP contribution < -0.4 is 5.73 Å². The molecule has 0 amide bonds. The zero-order valence-corrected chi connectivity index (χ0v) is 7.86. The summed E-state index contributed by atoms with van der Waals surface area (Å²) in [5.74, 6) is -2.18. The van der Waals surface area contributed by atoms with Crippen LogP contribution in [0.4, 0.5) is 4.39 Å². The van der Waals surface area contributed by atoms with Gasteiger partial charge < -0.3 is 10.8 Å². The SMILES string of the molecule is C[C@](N)(C(=O)O)c1cnc(C#N)c(F)c1. The summed E-state index contributed by atoms with van der Waals surface area (Å²) < 4.78 is 13.1. The summed E-state index contributed by atoms with van der Waals surface area (Å²) in [5.41, 5.74) is 3.35. The normalized spacial score (nSPS) is 14.0. The van der Waals surface area contributed by atoms with Gasteiger partial charge in [-0.3, -0.25) is 0 Å². The van der Waals surface area contributed by atoms with E-state index >= 15 is 0 Å². The molecule has 0 aromatic carbocycles. The van der Waals surface area contributed by atoms with Crippen LogP contribution in [0.3, 0.4) is 0 Å². The zero-order valence-electron chi connectivity index (χ0n) is 7.86. The van der Waals surface area contributed by atoms with E-state index in [1.54, 1.807) is 0 Å². The number of aromatic nitrogens is 1. The molecule has 3 N–H and O–H groups in total. The van der Waals surface area contributed by atoms with E-state index in [9.17, 15) is 9.18 Å². The van der Waals surface area contributed by atoms with E-state index in [4.69, 9.17) is 16.1 Å². The van der Waals surface area contributed by atoms with Crippen molar-refractivity contribution in [3.8, 4) is 6.07 Å². The van der Waals surface area contributed by atoms with Crippen molar-refractivity contribution < 1.29 is 14.3 Å². The van der Waals surface area contributed by atoms with Gasteiger partial charge in [-0.15, -0.1) is 0 Å². The minimum Gasteiger partial charge on any atom is -0.480 e. The van der Waals surface area contributed by atoms with Gasteiger partial charge in [0.05, 0.1) is 0 Å². The van der Waals surface area contributed by atoms with E-state index in [0.717, 1.165) is 12.3 Å². The Kier molecular flexibility index (Phi) is 2.68. The summed E-state index contributed by atoms with van der Waals surface area (Å²) in [6, 6.07) is 2.43. The van der Waals surface area contributed by atoms with E-state index in [-0.39, 0.29) is 11.3 Å². The standard InChI is InChI=1S/C9H8FN3O2/c1-9(12,8(14)15)5-2-6(10)7(3-11)13-4-5/h2,4H,12H2,1H3,(H,14,15)/t9-/m1/s1. The Labute approximate surface area is 85.0 Å². The van der Waals surface area contributed by atoms with Crippen LogP contribution in [-0.2, 0) is 10.3 Å². The third-order valence-electron chi connectivity index (χ3n) is 1.99. The Morgan fingerprint density at radius 2 is 2.40 bits per heavy atom. The Balaban J connectivity index is 3.25. The summed E-state index contributed by atoms with van der Waals surface area (Å²) in [7, 11) is 0. The third-order valence-corrected chi connectivity index (χ3v) is 1.99. The highest BCUT2D eigenvalue weighted by Crippen LogP contribution is 2.18. The van der Waals surface area contributed by atoms with Gasteiger partial charge in [0.1, 0.15) is 11.6 Å². The number of aliphatic carboxylic acids is 1. The molecular weight excluding hydrogens is 201 g/mol. The molecule has 15 heavy (non-hydrogen) atoms. The number of halogens is 1. The molecule has 0 aliphatic rings. The van der Waals surface area contributed by atoms with Crippen LogP contribution in [-0.4, -0.2) is 16.1 Å². The Morgan fingerprint density at radius 1 is 1.80 bits per heavy atom. The van der Waals surface area contributed by atoms with Crippen molar-refractivity contribution in [3.63, 3.8) is 0 Å². The van der Waals surface area contributed by atoms with Crippen LogP contribution in [0.2, 0.25) is 0 Å². The summed E-state index contributed by atoms with van der Waals surface area (Å²) in [6.07, 6.45) is 1.08. The van der Waals surface area contributed by atoms with E-state index in [0.29, 0.717) is 0 Å². The monoisotopic (exact) mass is 209 g/mol. The lowest BCUT2D eigenvalue weighted by molar-refractivity contribution is -0.143. The average Bonchev–Trinajstić information content (AvgIpc) is 2.17. The van der Waals surface area contributed by atoms with Gasteiger partial charge in [0.25, 0.3) is 0 Å². The number of nitrogens with two attached hydrogens (primary N) is 1. The van der Waals surface area contributed by atoms with Gasteiger partial charge in [0.15, 0.2) is 11.5 Å². The number of carboxylic acid groups (broad SMARTS) is 1. The smallest absolute Gasteiger partial charge is 0.328 e. The highest BCUT2D eigenvalue weighted by Gasteiger charge is 2.31. The van der Waals surface area contributed by atoms with Crippen molar-refractivity contribution in [1.82, 2.24) is 4.98 Å². The average molecular weight is 209 g/mol. The van der Waals surface area contributed by atoms with Crippen molar-refractivity contribution in [2.75, 3.05) is 0 Å². The molecule has 0 aliphatic heterocycles. The first kappa shape index (κ1) is 11.1. The lowest BCUT2D eigenvalue weighted by atomic mass is 9.95. The van der Waals surface area contributed by atoms with Gasteiger partial charge in [-0.05, 0) is 13.0 Å². The number of carbonyl (C=O) groups is 1. The molecule has 0 radical (unpaired) electrons. The molecule has 1 heterocycles. The summed E-state index contributed by atoms with van der Waals surface area (Å²) in [6.45, 7) is 1.22. The maximum absolute atomic E-state index is 13.1. The first-order chi connectivity index (χ1) is 6.89. The lowest BCUT2D eigenvalue weighted by Crippen LogP contribution is -2.41. The second kappa shape index (κ2) is 3.63. The first-order valence-corrected chi connectivity index (χ1v) is 3.98. The third kappa shape index (κ3) is 1.92. The van der Waals surface area contributed by atoms with Crippen molar-refractivity contribution in [2.24, 2.45) is 5.73 Å². The van der Waals surface area contributed by atoms with Crippen LogP contribution >= 0.6 is 0 Å². The fourth-order valence-corrected chi connectivity index (χ4v) is 0.928. The van der Waals surface area contributed by atoms with E-state index in [1.807, 2.05) is 0 Å². The Morgan fingerprint density at radius 3 is 2.80 bits per heavy atom. The topological polar surface area (TPSA) is 100 Å². The van der Waals surface area contributed by atoms with Gasteiger partial charge in [0, 0.05) is 11.8 Å². The second-order valence-corrected chi connectivity index (χ2v) is 3.17. The van der Waals surface area contributed by atoms with Gasteiger partial charge in [-0.1, -0.05) is 0 Å². The molecule has 1 atom stereocenters. The molecule has 0 saturated heterocycles. The van der Waals surface area contributed by atoms with Crippen molar-refractivity contribution in [2.45, 2.75) is 12.5 Å². The lowest BCUT2D eigenvalue weighted by Gasteiger charge is -2.18. The number of nitriles is 1. The van der Waals surface area contributed by atoms with Gasteiger partial charge in [0.2, 0.25) is 0 Å². The van der Waals surface area contributed by atoms with Crippen LogP contribution in [0.15, 0.2) is 12.3 Å². The molecule has 78 valence electrons. The quantitative estimate of drug-likeness (QED) is 0.732. The number of hydrogen-bond donors (Lipinski definition) is 2. The van der Waals surface area contributed by atoms with E-state index < -0.39 is 17.3 Å². The zero-order chi connectivity index (χ0) is 11.6. The minimum atomic E-state index is -1.72. The van der Waals surface area contributed by atoms with Crippen molar-refractivity contribution >= 4 is 5.97 Å². The van der Waals surface area contributed by atoms with Crippen LogP contribution in [0.1, 0.15) is 18.2 Å². The second-order valence-electron chi connectivity index (χ2n) is 3.17. The molecule has 0 fully saturated rings. The van der Waals surface area contributed by atoms with Gasteiger partial charge >= 0.3 is 5.97 Å². The minimum absolute atomic E-state index is 0.00602. The molecule has 1 rings (SSSR count). The molecule has 0 unspecified atom stereocenters. The fourth-order valence-electron chi connectivity index (χ4n) is 0.928. The molecule has 0 saturated carbocycles. The van der Waals surface area contributed by atoms with E-state index in [1.165, 1.54) is 13.0 Å². The summed E-state index contributed by atoms with van der Waals surface area (Å²) in [5, 5.41) is 17.2. The number of nitrogens with zero attached hydrogens (tertiary/aromatic N) is 2. The van der Waals surface area contributed by atoms with Gasteiger partial charge in [-0.25, -0.2) is 14.2 Å². The fraction of sp³-hybridized carbons (Fsp3) is 0.222. The number of hydrogen-bond acceptors (Lipinski definition) is 4. The largest absolute Gasteiger partial charge is 0.480 e. The molecule has 6 heteroatoms. The van der Waals surface area contributed by atoms with Crippen LogP contribution in [0.5, 0.6) is 0 Å². The van der Waals surface area contributed by atoms with Gasteiger partial charge in [-0.2, -0.15) is 5.26 Å². The molecule has 0 spiro atoms. The maximum Gasteiger partial charge on any atom is 0.328 e. The van der Waals surface area contributed by atoms with E-state index in [2.05, 4.69) is 4.98 Å². The molecular formula is C9H8FN3O2. The van der Waals surface area contributed by atoms with Crippen LogP contribution in [0.25, 0.3) is 0 Å². The number of rotatable bonds is 2. The Bertz CT molecular complexity index is 451. The van der Waals surface area contributed by atoms with Crippen LogP contribution in [0, 0.1) is 17.1 Å². The summed E-state index contributed by atoms with van der Waals surface area (Å²) >= 11 is 0. The molecule has 5 nitrogen and oxygen atoms in total. The molecule has 1 aromatic heterocycles. The first-order valence-electron chi connectivity index (χ1n) is 3.98. The molecule has 0 aliphatic carbocycles. The van der Waals surface area contributed by atoms with Crippen molar-refractivity contribution in [3.05, 3.63) is 29.3 Å². The highest BCUT2D eigenvalue weighted by molar-refractivity contribution is 5.79. The Hall–Kier alpha value is -2.00. The molecule has 1 aromatic rings. The van der Waals surface area contributed by atoms with Crippen molar-refractivity contribution in [1.29, 1.82) is 5.26 Å². The summed E-state index contributed by atoms with van der Waals surface area (Å²) in [4.78, 5) is 14.2. The predicted molar refractivity (Wildman–Crippen MR) is 48.1 cm³/mol. The predicted octanol–water partition coefficient (Wildman–Crippen LogP) is 0.351. The number of carboxylic acids is 1. The highest BCUT2D eigenvalue weighted by atomic mass is 19.1.